The van der Waals surface area contributed by atoms with Crippen LogP contribution in [0.2, 0.25) is 0 Å². The molecule has 3 unspecified atom stereocenters. The van der Waals surface area contributed by atoms with Crippen LogP contribution in [-0.4, -0.2) is 55.2 Å². The molecule has 0 aromatic heterocycles. The zero-order valence-corrected chi connectivity index (χ0v) is 14.2. The van der Waals surface area contributed by atoms with Crippen LogP contribution in [-0.2, 0) is 9.59 Å². The normalized spacial score (nSPS) is 24.4. The second-order valence-electron chi connectivity index (χ2n) is 3.91. The Morgan fingerprint density at radius 2 is 2.00 bits per heavy atom. The number of hydrogen-bond acceptors (Lipinski definition) is 6. The van der Waals surface area contributed by atoms with Crippen molar-refractivity contribution in [1.82, 2.24) is 0 Å². The van der Waals surface area contributed by atoms with Crippen molar-refractivity contribution in [3.8, 4) is 0 Å². The number of thioether (sulfide) groups is 3. The number of alkyl halides is 2. The summed E-state index contributed by atoms with van der Waals surface area (Å²) in [5, 5.41) is 9.90. The van der Waals surface area contributed by atoms with Gasteiger partial charge >= 0.3 is 0 Å². The fraction of sp³-hybridized carbons (Fsp3) is 0.818. The summed E-state index contributed by atoms with van der Waals surface area (Å²) in [6.07, 6.45) is -0.350. The van der Waals surface area contributed by atoms with Crippen molar-refractivity contribution in [1.29, 1.82) is 0 Å². The van der Waals surface area contributed by atoms with Crippen LogP contribution in [0.3, 0.4) is 0 Å². The first kappa shape index (κ1) is 18.0. The minimum absolute atomic E-state index is 0.0885. The van der Waals surface area contributed by atoms with Gasteiger partial charge in [0.1, 0.15) is 6.10 Å². The van der Waals surface area contributed by atoms with Gasteiger partial charge in [0.25, 0.3) is 0 Å². The fourth-order valence-electron chi connectivity index (χ4n) is 1.49. The van der Waals surface area contributed by atoms with Crippen molar-refractivity contribution in [2.45, 2.75) is 28.8 Å². The molecule has 1 rings (SSSR count). The number of Topliss-reactive ketones (excluding diaryl/α,β-unsaturated/α-hetero) is 1. The van der Waals surface area contributed by atoms with Crippen LogP contribution in [0.5, 0.6) is 0 Å². The summed E-state index contributed by atoms with van der Waals surface area (Å²) in [5.41, 5.74) is 0. The number of aliphatic hydroxyl groups is 1. The molecule has 1 saturated heterocycles. The lowest BCUT2D eigenvalue weighted by Gasteiger charge is -2.15. The molecule has 110 valence electrons. The van der Waals surface area contributed by atoms with E-state index in [-0.39, 0.29) is 33.0 Å². The van der Waals surface area contributed by atoms with Gasteiger partial charge in [-0.3, -0.25) is 9.59 Å². The SMILES string of the molecule is O=C(CCCl)SCC1SCC(C(O)C(=O)CCCl)S1. The number of carbonyl (C=O) groups excluding carboxylic acids is 2. The number of hydrogen-bond donors (Lipinski definition) is 1. The molecule has 0 aliphatic carbocycles. The van der Waals surface area contributed by atoms with Crippen molar-refractivity contribution in [3.05, 3.63) is 0 Å². The van der Waals surface area contributed by atoms with Crippen LogP contribution in [0.1, 0.15) is 12.8 Å². The Morgan fingerprint density at radius 1 is 1.32 bits per heavy atom. The zero-order chi connectivity index (χ0) is 14.3. The second kappa shape index (κ2) is 9.79. The van der Waals surface area contributed by atoms with Crippen molar-refractivity contribution >= 4 is 69.4 Å². The van der Waals surface area contributed by atoms with Gasteiger partial charge in [0.2, 0.25) is 0 Å². The van der Waals surface area contributed by atoms with Gasteiger partial charge in [-0.1, -0.05) is 11.8 Å². The molecule has 0 aromatic carbocycles. The first-order valence-corrected chi connectivity index (χ1v) is 9.88. The third kappa shape index (κ3) is 6.48. The lowest BCUT2D eigenvalue weighted by molar-refractivity contribution is -0.126. The van der Waals surface area contributed by atoms with Crippen molar-refractivity contribution in [3.63, 3.8) is 0 Å². The molecule has 1 N–H and O–H groups in total. The Labute approximate surface area is 135 Å². The maximum atomic E-state index is 11.6. The van der Waals surface area contributed by atoms with Gasteiger partial charge < -0.3 is 5.11 Å². The molecule has 0 bridgehead atoms. The zero-order valence-electron chi connectivity index (χ0n) is 10.2. The van der Waals surface area contributed by atoms with E-state index >= 15 is 0 Å². The minimum atomic E-state index is -0.940. The van der Waals surface area contributed by atoms with Gasteiger partial charge in [0.05, 0.1) is 4.58 Å². The van der Waals surface area contributed by atoms with E-state index in [1.54, 1.807) is 23.5 Å². The molecule has 1 aliphatic heterocycles. The van der Waals surface area contributed by atoms with Crippen LogP contribution in [0.4, 0.5) is 0 Å². The molecule has 1 aliphatic rings. The molecule has 1 fully saturated rings. The summed E-state index contributed by atoms with van der Waals surface area (Å²) in [4.78, 5) is 22.9. The van der Waals surface area contributed by atoms with E-state index in [9.17, 15) is 14.7 Å². The lowest BCUT2D eigenvalue weighted by Crippen LogP contribution is -2.32. The van der Waals surface area contributed by atoms with Crippen molar-refractivity contribution in [2.75, 3.05) is 23.3 Å². The molecular formula is C11H16Cl2O3S3. The summed E-state index contributed by atoms with van der Waals surface area (Å²) >= 11 is 15.5. The van der Waals surface area contributed by atoms with E-state index in [2.05, 4.69) is 0 Å². The Kier molecular flexibility index (Phi) is 9.27. The second-order valence-corrected chi connectivity index (χ2v) is 8.72. The molecule has 0 spiro atoms. The first-order valence-electron chi connectivity index (χ1n) is 5.84. The molecule has 0 radical (unpaired) electrons. The quantitative estimate of drug-likeness (QED) is 0.669. The van der Waals surface area contributed by atoms with Crippen LogP contribution < -0.4 is 0 Å². The molecule has 0 aromatic rings. The van der Waals surface area contributed by atoms with E-state index in [0.29, 0.717) is 18.1 Å². The van der Waals surface area contributed by atoms with E-state index in [0.717, 1.165) is 5.75 Å². The van der Waals surface area contributed by atoms with Gasteiger partial charge in [-0.25, -0.2) is 0 Å². The highest BCUT2D eigenvalue weighted by Gasteiger charge is 2.34. The van der Waals surface area contributed by atoms with Crippen LogP contribution >= 0.6 is 58.5 Å². The van der Waals surface area contributed by atoms with Crippen LogP contribution in [0.15, 0.2) is 0 Å². The van der Waals surface area contributed by atoms with Gasteiger partial charge in [-0.05, 0) is 0 Å². The summed E-state index contributed by atoms with van der Waals surface area (Å²) in [6, 6.07) is 0. The standard InChI is InChI=1S/C11H16Cl2O3S3/c12-3-1-7(14)11(16)8-5-18-10(19-8)6-17-9(15)2-4-13/h8,10-11,16H,1-6H2. The third-order valence-corrected chi connectivity index (χ3v) is 7.59. The Bertz CT molecular complexity index is 318. The molecule has 1 heterocycles. The molecule has 3 nitrogen and oxygen atoms in total. The average molecular weight is 363 g/mol. The van der Waals surface area contributed by atoms with Crippen LogP contribution in [0.25, 0.3) is 0 Å². The predicted octanol–water partition coefficient (Wildman–Crippen LogP) is 2.61. The number of carbonyl (C=O) groups is 2. The Balaban J connectivity index is 2.29. The van der Waals surface area contributed by atoms with Gasteiger partial charge in [0.15, 0.2) is 10.9 Å². The number of ketones is 1. The Morgan fingerprint density at radius 3 is 2.63 bits per heavy atom. The maximum Gasteiger partial charge on any atom is 0.190 e. The third-order valence-electron chi connectivity index (χ3n) is 2.47. The smallest absolute Gasteiger partial charge is 0.190 e. The summed E-state index contributed by atoms with van der Waals surface area (Å²) in [5.74, 6) is 1.82. The van der Waals surface area contributed by atoms with E-state index in [4.69, 9.17) is 23.2 Å². The van der Waals surface area contributed by atoms with E-state index in [1.807, 2.05) is 0 Å². The summed E-state index contributed by atoms with van der Waals surface area (Å²) < 4.78 is 0.243. The van der Waals surface area contributed by atoms with Crippen molar-refractivity contribution in [2.24, 2.45) is 0 Å². The number of halogens is 2. The van der Waals surface area contributed by atoms with E-state index < -0.39 is 6.10 Å². The summed E-state index contributed by atoms with van der Waals surface area (Å²) in [7, 11) is 0. The predicted molar refractivity (Wildman–Crippen MR) is 86.8 cm³/mol. The molecule has 0 saturated carbocycles. The topological polar surface area (TPSA) is 54.4 Å². The Hall–Kier alpha value is 0.930. The number of aliphatic hydroxyl groups excluding tert-OH is 1. The maximum absolute atomic E-state index is 11.6. The van der Waals surface area contributed by atoms with Crippen LogP contribution in [0, 0.1) is 0 Å². The molecule has 0 amide bonds. The van der Waals surface area contributed by atoms with E-state index in [1.165, 1.54) is 11.8 Å². The highest BCUT2D eigenvalue weighted by Crippen LogP contribution is 2.41. The number of rotatable bonds is 8. The fourth-order valence-corrected chi connectivity index (χ4v) is 6.44. The van der Waals surface area contributed by atoms with Crippen molar-refractivity contribution < 1.29 is 14.7 Å². The van der Waals surface area contributed by atoms with Gasteiger partial charge in [-0.2, -0.15) is 0 Å². The highest BCUT2D eigenvalue weighted by molar-refractivity contribution is 8.22. The largest absolute Gasteiger partial charge is 0.384 e. The highest BCUT2D eigenvalue weighted by atomic mass is 35.5. The molecule has 19 heavy (non-hydrogen) atoms. The molecule has 8 heteroatoms. The monoisotopic (exact) mass is 362 g/mol. The van der Waals surface area contributed by atoms with Gasteiger partial charge in [0, 0.05) is 41.4 Å². The average Bonchev–Trinajstić information content (AvgIpc) is 2.85. The lowest BCUT2D eigenvalue weighted by atomic mass is 10.1. The molecule has 3 atom stereocenters. The minimum Gasteiger partial charge on any atom is -0.384 e. The van der Waals surface area contributed by atoms with Gasteiger partial charge in [-0.15, -0.1) is 46.7 Å². The summed E-state index contributed by atoms with van der Waals surface area (Å²) in [6.45, 7) is 0. The molecular weight excluding hydrogens is 347 g/mol. The first-order chi connectivity index (χ1) is 9.08.